The van der Waals surface area contributed by atoms with E-state index >= 15 is 0 Å². The smallest absolute Gasteiger partial charge is 0.244 e. The topological polar surface area (TPSA) is 83.6 Å². The third-order valence-corrected chi connectivity index (χ3v) is 5.38. The zero-order valence-electron chi connectivity index (χ0n) is 9.02. The number of rotatable bonds is 4. The van der Waals surface area contributed by atoms with Gasteiger partial charge in [0.25, 0.3) is 0 Å². The average Bonchev–Trinajstić information content (AvgIpc) is 2.23. The lowest BCUT2D eigenvalue weighted by Gasteiger charge is -2.17. The maximum atomic E-state index is 12.1. The third-order valence-electron chi connectivity index (χ3n) is 2.14. The van der Waals surface area contributed by atoms with E-state index < -0.39 is 10.0 Å². The maximum absolute atomic E-state index is 12.1. The Kier molecular flexibility index (Phi) is 4.79. The van der Waals surface area contributed by atoms with Crippen molar-refractivity contribution in [1.29, 1.82) is 0 Å². The van der Waals surface area contributed by atoms with E-state index in [1.165, 1.54) is 19.2 Å². The molecule has 0 aliphatic rings. The van der Waals surface area contributed by atoms with Crippen molar-refractivity contribution in [3.8, 4) is 0 Å². The van der Waals surface area contributed by atoms with E-state index in [1.807, 2.05) is 0 Å². The molecule has 0 spiro atoms. The van der Waals surface area contributed by atoms with Crippen LogP contribution < -0.4 is 5.73 Å². The van der Waals surface area contributed by atoms with Crippen LogP contribution in [0.15, 0.2) is 21.5 Å². The lowest BCUT2D eigenvalue weighted by atomic mass is 10.3. The van der Waals surface area contributed by atoms with Crippen LogP contribution >= 0.6 is 27.5 Å². The summed E-state index contributed by atoms with van der Waals surface area (Å²) in [5.41, 5.74) is 5.87. The van der Waals surface area contributed by atoms with Gasteiger partial charge in [0.15, 0.2) is 0 Å². The number of benzene rings is 1. The Bertz CT molecular complexity index is 521. The van der Waals surface area contributed by atoms with Gasteiger partial charge in [-0.1, -0.05) is 11.6 Å². The Morgan fingerprint density at radius 3 is 2.65 bits per heavy atom. The summed E-state index contributed by atoms with van der Waals surface area (Å²) >= 11 is 8.89. The second kappa shape index (κ2) is 5.53. The highest BCUT2D eigenvalue weighted by Gasteiger charge is 2.24. The molecule has 0 radical (unpaired) electrons. The number of aliphatic hydroxyl groups is 1. The molecule has 0 bridgehead atoms. The number of nitrogens with two attached hydrogens (primary N) is 1. The molecule has 3 N–H and O–H groups in total. The van der Waals surface area contributed by atoms with E-state index in [0.717, 1.165) is 4.31 Å². The molecule has 0 aliphatic carbocycles. The van der Waals surface area contributed by atoms with Crippen LogP contribution in [0.5, 0.6) is 0 Å². The summed E-state index contributed by atoms with van der Waals surface area (Å²) in [5.74, 6) is 0. The van der Waals surface area contributed by atoms with Gasteiger partial charge in [-0.15, -0.1) is 0 Å². The van der Waals surface area contributed by atoms with Gasteiger partial charge in [0.1, 0.15) is 0 Å². The van der Waals surface area contributed by atoms with E-state index in [9.17, 15) is 8.42 Å². The molecule has 0 aromatic heterocycles. The quantitative estimate of drug-likeness (QED) is 0.807. The molecule has 5 nitrogen and oxygen atoms in total. The summed E-state index contributed by atoms with van der Waals surface area (Å²) in [5, 5.41) is 8.99. The number of nitrogen functional groups attached to an aromatic ring is 1. The van der Waals surface area contributed by atoms with E-state index in [2.05, 4.69) is 15.9 Å². The second-order valence-corrected chi connectivity index (χ2v) is 6.60. The Morgan fingerprint density at radius 1 is 1.53 bits per heavy atom. The summed E-state index contributed by atoms with van der Waals surface area (Å²) in [6.07, 6.45) is 0. The average molecular weight is 344 g/mol. The van der Waals surface area contributed by atoms with Crippen molar-refractivity contribution < 1.29 is 13.5 Å². The van der Waals surface area contributed by atoms with Crippen molar-refractivity contribution in [2.45, 2.75) is 4.90 Å². The van der Waals surface area contributed by atoms with Crippen LogP contribution in [0.2, 0.25) is 5.02 Å². The number of likely N-dealkylation sites (N-methyl/N-ethyl adjacent to an activating group) is 1. The standard InChI is InChI=1S/C9H12BrClN2O3S/c1-13(2-3-14)17(15,16)8-5-6(11)4-7(12)9(8)10/h4-5,14H,2-3,12H2,1H3. The zero-order valence-corrected chi connectivity index (χ0v) is 12.2. The predicted octanol–water partition coefficient (Wildman–Crippen LogP) is 1.30. The molecule has 0 atom stereocenters. The van der Waals surface area contributed by atoms with Crippen molar-refractivity contribution >= 4 is 43.2 Å². The van der Waals surface area contributed by atoms with Crippen LogP contribution in [-0.2, 0) is 10.0 Å². The van der Waals surface area contributed by atoms with Crippen LogP contribution in [0, 0.1) is 0 Å². The van der Waals surface area contributed by atoms with Crippen LogP contribution in [0.4, 0.5) is 5.69 Å². The molecule has 96 valence electrons. The van der Waals surface area contributed by atoms with Gasteiger partial charge in [-0.3, -0.25) is 0 Å². The molecule has 0 aliphatic heterocycles. The lowest BCUT2D eigenvalue weighted by Crippen LogP contribution is -2.30. The molecule has 1 aromatic rings. The summed E-state index contributed by atoms with van der Waals surface area (Å²) in [4.78, 5) is -0.0153. The fourth-order valence-electron chi connectivity index (χ4n) is 1.20. The number of aliphatic hydroxyl groups excluding tert-OH is 1. The van der Waals surface area contributed by atoms with Gasteiger partial charge in [-0.2, -0.15) is 4.31 Å². The SMILES string of the molecule is CN(CCO)S(=O)(=O)c1cc(Cl)cc(N)c1Br. The van der Waals surface area contributed by atoms with Crippen molar-refractivity contribution in [2.24, 2.45) is 0 Å². The molecule has 0 unspecified atom stereocenters. The number of halogens is 2. The third kappa shape index (κ3) is 3.11. The molecular formula is C9H12BrClN2O3S. The normalized spacial score (nSPS) is 12.1. The molecule has 8 heteroatoms. The van der Waals surface area contributed by atoms with Crippen molar-refractivity contribution in [3.05, 3.63) is 21.6 Å². The molecule has 0 saturated heterocycles. The van der Waals surface area contributed by atoms with Gasteiger partial charge in [0.2, 0.25) is 10.0 Å². The summed E-state index contributed by atoms with van der Waals surface area (Å²) in [6.45, 7) is -0.259. The highest BCUT2D eigenvalue weighted by Crippen LogP contribution is 2.32. The minimum absolute atomic E-state index is 0.00118. The Labute approximate surface area is 113 Å². The van der Waals surface area contributed by atoms with Crippen LogP contribution in [-0.4, -0.2) is 38.0 Å². The summed E-state index contributed by atoms with van der Waals surface area (Å²) < 4.78 is 25.5. The first-order valence-corrected chi connectivity index (χ1v) is 7.23. The zero-order chi connectivity index (χ0) is 13.2. The number of nitrogens with zero attached hydrogens (tertiary/aromatic N) is 1. The van der Waals surface area contributed by atoms with Gasteiger partial charge in [-0.25, -0.2) is 8.42 Å². The largest absolute Gasteiger partial charge is 0.398 e. The van der Waals surface area contributed by atoms with E-state index in [0.29, 0.717) is 0 Å². The van der Waals surface area contributed by atoms with E-state index in [-0.39, 0.29) is 33.2 Å². The van der Waals surface area contributed by atoms with Crippen LogP contribution in [0.3, 0.4) is 0 Å². The number of sulfonamides is 1. The molecule has 0 saturated carbocycles. The molecule has 1 aromatic carbocycles. The Morgan fingerprint density at radius 2 is 2.12 bits per heavy atom. The highest BCUT2D eigenvalue weighted by molar-refractivity contribution is 9.10. The molecule has 1 rings (SSSR count). The number of hydrogen-bond donors (Lipinski definition) is 2. The summed E-state index contributed by atoms with van der Waals surface area (Å²) in [7, 11) is -2.34. The fourth-order valence-corrected chi connectivity index (χ4v) is 3.61. The van der Waals surface area contributed by atoms with Crippen molar-refractivity contribution in [3.63, 3.8) is 0 Å². The Hall–Kier alpha value is -0.340. The maximum Gasteiger partial charge on any atom is 0.244 e. The van der Waals surface area contributed by atoms with Gasteiger partial charge >= 0.3 is 0 Å². The monoisotopic (exact) mass is 342 g/mol. The first-order valence-electron chi connectivity index (χ1n) is 4.62. The molecule has 0 heterocycles. The Balaban J connectivity index is 3.33. The van der Waals surface area contributed by atoms with Gasteiger partial charge in [-0.05, 0) is 28.1 Å². The van der Waals surface area contributed by atoms with E-state index in [4.69, 9.17) is 22.4 Å². The molecule has 17 heavy (non-hydrogen) atoms. The predicted molar refractivity (Wildman–Crippen MR) is 70.5 cm³/mol. The van der Waals surface area contributed by atoms with Crippen LogP contribution in [0.1, 0.15) is 0 Å². The minimum atomic E-state index is -3.71. The molecule has 0 fully saturated rings. The van der Waals surface area contributed by atoms with Crippen LogP contribution in [0.25, 0.3) is 0 Å². The highest BCUT2D eigenvalue weighted by atomic mass is 79.9. The van der Waals surface area contributed by atoms with Crippen molar-refractivity contribution in [1.82, 2.24) is 4.31 Å². The van der Waals surface area contributed by atoms with Gasteiger partial charge in [0, 0.05) is 24.3 Å². The molecular weight excluding hydrogens is 332 g/mol. The first kappa shape index (κ1) is 14.7. The number of anilines is 1. The summed E-state index contributed by atoms with van der Waals surface area (Å²) in [6, 6.07) is 2.77. The lowest BCUT2D eigenvalue weighted by molar-refractivity contribution is 0.266. The van der Waals surface area contributed by atoms with Gasteiger partial charge in [0.05, 0.1) is 16.0 Å². The van der Waals surface area contributed by atoms with Gasteiger partial charge < -0.3 is 10.8 Å². The molecule has 0 amide bonds. The number of hydrogen-bond acceptors (Lipinski definition) is 4. The first-order chi connectivity index (χ1) is 7.80. The van der Waals surface area contributed by atoms with Crippen molar-refractivity contribution in [2.75, 3.05) is 25.9 Å². The minimum Gasteiger partial charge on any atom is -0.398 e. The second-order valence-electron chi connectivity index (χ2n) is 3.36. The fraction of sp³-hybridized carbons (Fsp3) is 0.333. The van der Waals surface area contributed by atoms with E-state index in [1.54, 1.807) is 0 Å².